The summed E-state index contributed by atoms with van der Waals surface area (Å²) in [6.07, 6.45) is 1.99. The number of halogens is 2. The van der Waals surface area contributed by atoms with E-state index in [-0.39, 0.29) is 21.0 Å². The lowest BCUT2D eigenvalue weighted by Gasteiger charge is -2.18. The lowest BCUT2D eigenvalue weighted by atomic mass is 10.2. The van der Waals surface area contributed by atoms with Gasteiger partial charge in [-0.1, -0.05) is 22.9 Å². The summed E-state index contributed by atoms with van der Waals surface area (Å²) < 4.78 is 42.7. The number of benzene rings is 2. The Kier molecular flexibility index (Phi) is 5.07. The molecule has 0 bridgehead atoms. The fraction of sp³-hybridized carbons (Fsp3) is 0.158. The number of nitrogens with one attached hydrogen (secondary N) is 1. The summed E-state index contributed by atoms with van der Waals surface area (Å²) in [5, 5.41) is 7.35. The number of sulfonamides is 1. The second-order valence-corrected chi connectivity index (χ2v) is 9.91. The van der Waals surface area contributed by atoms with Gasteiger partial charge in [0.2, 0.25) is 11.0 Å². The molecule has 9 nitrogen and oxygen atoms in total. The van der Waals surface area contributed by atoms with Gasteiger partial charge < -0.3 is 9.47 Å². The van der Waals surface area contributed by atoms with Crippen molar-refractivity contribution in [2.45, 2.75) is 17.4 Å². The highest BCUT2D eigenvalue weighted by Crippen LogP contribution is 2.33. The number of carbonyl (C=O) groups excluding carboxylic acids is 1. The van der Waals surface area contributed by atoms with Gasteiger partial charge >= 0.3 is 0 Å². The van der Waals surface area contributed by atoms with Crippen molar-refractivity contribution in [1.29, 1.82) is 0 Å². The Labute approximate surface area is 190 Å². The molecule has 1 atom stereocenters. The average Bonchev–Trinajstić information content (AvgIpc) is 3.51. The summed E-state index contributed by atoms with van der Waals surface area (Å²) in [5.74, 6) is -0.744. The number of hydrogen-bond acceptors (Lipinski definition) is 7. The number of imidazole rings is 1. The lowest BCUT2D eigenvalue weighted by molar-refractivity contribution is -0.119. The minimum absolute atomic E-state index is 0.0388. The van der Waals surface area contributed by atoms with Gasteiger partial charge in [0.15, 0.2) is 0 Å². The van der Waals surface area contributed by atoms with Gasteiger partial charge in [0.05, 0.1) is 16.7 Å². The largest absolute Gasteiger partial charge is 0.318 e. The molecular weight excluding hydrogens is 479 g/mol. The zero-order valence-electron chi connectivity index (χ0n) is 16.1. The zero-order chi connectivity index (χ0) is 22.5. The Morgan fingerprint density at radius 1 is 1.19 bits per heavy atom. The number of aromatic nitrogens is 4. The molecule has 1 aliphatic heterocycles. The van der Waals surface area contributed by atoms with E-state index in [0.717, 1.165) is 11.3 Å². The third kappa shape index (κ3) is 3.49. The van der Waals surface area contributed by atoms with E-state index in [2.05, 4.69) is 19.9 Å². The van der Waals surface area contributed by atoms with Crippen LogP contribution in [0.5, 0.6) is 0 Å². The highest BCUT2D eigenvalue weighted by atomic mass is 35.5. The zero-order valence-corrected chi connectivity index (χ0v) is 18.5. The van der Waals surface area contributed by atoms with Crippen molar-refractivity contribution in [1.82, 2.24) is 19.7 Å². The summed E-state index contributed by atoms with van der Waals surface area (Å²) >= 11 is 7.06. The van der Waals surface area contributed by atoms with Gasteiger partial charge in [0.1, 0.15) is 27.9 Å². The van der Waals surface area contributed by atoms with Crippen LogP contribution in [0.1, 0.15) is 12.5 Å². The van der Waals surface area contributed by atoms with E-state index in [0.29, 0.717) is 29.7 Å². The van der Waals surface area contributed by atoms with E-state index >= 15 is 0 Å². The maximum absolute atomic E-state index is 13.7. The molecule has 1 fully saturated rings. The van der Waals surface area contributed by atoms with Crippen LogP contribution >= 0.6 is 22.9 Å². The molecule has 1 saturated heterocycles. The number of hydrogen-bond donors (Lipinski definition) is 1. The van der Waals surface area contributed by atoms with Gasteiger partial charge in [0.25, 0.3) is 10.0 Å². The highest BCUT2D eigenvalue weighted by Gasteiger charge is 2.35. The number of fused-ring (bicyclic) bond motifs is 1. The van der Waals surface area contributed by atoms with Gasteiger partial charge in [-0.2, -0.15) is 0 Å². The highest BCUT2D eigenvalue weighted by molar-refractivity contribution is 7.93. The van der Waals surface area contributed by atoms with Gasteiger partial charge in [-0.15, -0.1) is 10.2 Å². The lowest BCUT2D eigenvalue weighted by Crippen LogP contribution is -2.28. The van der Waals surface area contributed by atoms with Crippen LogP contribution in [0.15, 0.2) is 53.1 Å². The Bertz CT molecular complexity index is 1420. The molecule has 1 aliphatic rings. The van der Waals surface area contributed by atoms with Crippen LogP contribution in [-0.4, -0.2) is 40.6 Å². The topological polar surface area (TPSA) is 110 Å². The van der Waals surface area contributed by atoms with Crippen molar-refractivity contribution in [3.8, 4) is 0 Å². The molecule has 0 saturated carbocycles. The van der Waals surface area contributed by atoms with Crippen molar-refractivity contribution in [2.75, 3.05) is 16.2 Å². The molecule has 13 heteroatoms. The maximum Gasteiger partial charge on any atom is 0.263 e. The van der Waals surface area contributed by atoms with Crippen molar-refractivity contribution in [3.63, 3.8) is 0 Å². The monoisotopic (exact) mass is 492 g/mol. The standard InChI is InChI=1S/C19H14ClFN6O3S2/c20-16-13(21)5-6-14-17(16)22-9-27(14)15-7-8-26(18(15)28)11-1-3-12(4-2-11)32(29,30)25-19-24-23-10-31-19/h1-6,9-10,15H,7-8H2,(H,24,25)/t15-/m0/s1. The number of rotatable bonds is 5. The van der Waals surface area contributed by atoms with Gasteiger partial charge in [-0.3, -0.25) is 9.52 Å². The molecule has 2 aromatic heterocycles. The third-order valence-corrected chi connectivity index (χ3v) is 7.64. The van der Waals surface area contributed by atoms with Crippen LogP contribution in [0, 0.1) is 5.82 Å². The van der Waals surface area contributed by atoms with Crippen LogP contribution in [0.2, 0.25) is 5.02 Å². The summed E-state index contributed by atoms with van der Waals surface area (Å²) in [5.41, 5.74) is 2.86. The molecular formula is C19H14ClFN6O3S2. The molecule has 4 aromatic rings. The minimum atomic E-state index is -3.82. The van der Waals surface area contributed by atoms with Crippen LogP contribution < -0.4 is 9.62 Å². The summed E-state index contributed by atoms with van der Waals surface area (Å²) in [6.45, 7) is 0.438. The van der Waals surface area contributed by atoms with Crippen molar-refractivity contribution in [3.05, 3.63) is 59.1 Å². The predicted molar refractivity (Wildman–Crippen MR) is 118 cm³/mol. The van der Waals surface area contributed by atoms with E-state index in [1.54, 1.807) is 27.7 Å². The Morgan fingerprint density at radius 3 is 2.69 bits per heavy atom. The van der Waals surface area contributed by atoms with Crippen molar-refractivity contribution in [2.24, 2.45) is 0 Å². The van der Waals surface area contributed by atoms with Crippen molar-refractivity contribution < 1.29 is 17.6 Å². The molecule has 5 rings (SSSR count). The van der Waals surface area contributed by atoms with Gasteiger partial charge in [0, 0.05) is 12.2 Å². The maximum atomic E-state index is 13.7. The van der Waals surface area contributed by atoms with E-state index in [9.17, 15) is 17.6 Å². The van der Waals surface area contributed by atoms with Crippen LogP contribution in [0.3, 0.4) is 0 Å². The van der Waals surface area contributed by atoms with Gasteiger partial charge in [-0.05, 0) is 42.8 Å². The fourth-order valence-corrected chi connectivity index (χ4v) is 5.57. The first kappa shape index (κ1) is 20.8. The predicted octanol–water partition coefficient (Wildman–Crippen LogP) is 3.46. The van der Waals surface area contributed by atoms with E-state index in [1.807, 2.05) is 0 Å². The minimum Gasteiger partial charge on any atom is -0.318 e. The average molecular weight is 493 g/mol. The Morgan fingerprint density at radius 2 is 1.97 bits per heavy atom. The first-order valence-electron chi connectivity index (χ1n) is 9.36. The van der Waals surface area contributed by atoms with E-state index in [4.69, 9.17) is 11.6 Å². The number of anilines is 2. The Balaban J connectivity index is 1.38. The third-order valence-electron chi connectivity index (χ3n) is 5.19. The second kappa shape index (κ2) is 7.80. The Hall–Kier alpha value is -3.09. The van der Waals surface area contributed by atoms with Crippen LogP contribution in [-0.2, 0) is 14.8 Å². The second-order valence-electron chi connectivity index (χ2n) is 7.02. The molecule has 2 aromatic carbocycles. The summed E-state index contributed by atoms with van der Waals surface area (Å²) in [6, 6.07) is 8.27. The molecule has 32 heavy (non-hydrogen) atoms. The smallest absolute Gasteiger partial charge is 0.263 e. The van der Waals surface area contributed by atoms with Crippen molar-refractivity contribution >= 4 is 60.7 Å². The molecule has 164 valence electrons. The van der Waals surface area contributed by atoms with Gasteiger partial charge in [-0.25, -0.2) is 17.8 Å². The van der Waals surface area contributed by atoms with E-state index in [1.165, 1.54) is 30.0 Å². The quantitative estimate of drug-likeness (QED) is 0.457. The SMILES string of the molecule is O=C1[C@@H](n2cnc3c(Cl)c(F)ccc32)CCN1c1ccc(S(=O)(=O)Nc2nncs2)cc1. The fourth-order valence-electron chi connectivity index (χ4n) is 3.67. The van der Waals surface area contributed by atoms with Crippen LogP contribution in [0.4, 0.5) is 15.2 Å². The first-order valence-corrected chi connectivity index (χ1v) is 12.1. The molecule has 0 unspecified atom stereocenters. The molecule has 0 aliphatic carbocycles. The molecule has 3 heterocycles. The summed E-state index contributed by atoms with van der Waals surface area (Å²) in [4.78, 5) is 18.9. The number of nitrogens with zero attached hydrogens (tertiary/aromatic N) is 5. The summed E-state index contributed by atoms with van der Waals surface area (Å²) in [7, 11) is -3.82. The van der Waals surface area contributed by atoms with Crippen LogP contribution in [0.25, 0.3) is 11.0 Å². The molecule has 1 amide bonds. The molecule has 1 N–H and O–H groups in total. The number of carbonyl (C=O) groups is 1. The first-order chi connectivity index (χ1) is 15.3. The number of amides is 1. The van der Waals surface area contributed by atoms with E-state index < -0.39 is 21.9 Å². The molecule has 0 radical (unpaired) electrons. The molecule has 0 spiro atoms. The normalized spacial score (nSPS) is 16.8.